The van der Waals surface area contributed by atoms with Crippen LogP contribution >= 0.6 is 11.6 Å². The van der Waals surface area contributed by atoms with Crippen molar-refractivity contribution in [3.63, 3.8) is 0 Å². The van der Waals surface area contributed by atoms with E-state index in [0.29, 0.717) is 11.6 Å². The Labute approximate surface area is 146 Å². The monoisotopic (exact) mass is 344 g/mol. The maximum Gasteiger partial charge on any atom is 0.137 e. The van der Waals surface area contributed by atoms with E-state index in [0.717, 1.165) is 48.4 Å². The number of fused-ring (bicyclic) bond motifs is 1. The Morgan fingerprint density at radius 3 is 2.67 bits per heavy atom. The maximum atomic E-state index is 9.09. The Morgan fingerprint density at radius 1 is 1.04 bits per heavy atom. The number of hydrogen-bond acceptors (Lipinski definition) is 3. The third-order valence-corrected chi connectivity index (χ3v) is 4.22. The highest BCUT2D eigenvalue weighted by Crippen LogP contribution is 2.23. The van der Waals surface area contributed by atoms with Crippen LogP contribution in [-0.2, 0) is 13.0 Å². The van der Waals surface area contributed by atoms with Gasteiger partial charge < -0.3 is 14.4 Å². The number of halogens is 1. The lowest BCUT2D eigenvalue weighted by Gasteiger charge is -2.11. The first-order valence-corrected chi connectivity index (χ1v) is 8.59. The lowest BCUT2D eigenvalue weighted by molar-refractivity contribution is 0.285. The van der Waals surface area contributed by atoms with Crippen LogP contribution in [0.1, 0.15) is 18.7 Å². The predicted molar refractivity (Wildman–Crippen MR) is 96.7 cm³/mol. The van der Waals surface area contributed by atoms with E-state index in [1.165, 1.54) is 0 Å². The minimum absolute atomic E-state index is 0.179. The first-order valence-electron chi connectivity index (χ1n) is 8.22. The molecule has 0 fully saturated rings. The van der Waals surface area contributed by atoms with Crippen molar-refractivity contribution in [3.05, 3.63) is 59.4 Å². The molecule has 126 valence electrons. The molecule has 1 aromatic heterocycles. The molecular formula is C19H21ClN2O2. The second kappa shape index (κ2) is 8.18. The van der Waals surface area contributed by atoms with Gasteiger partial charge in [-0.15, -0.1) is 0 Å². The van der Waals surface area contributed by atoms with Crippen LogP contribution in [0.15, 0.2) is 48.5 Å². The topological polar surface area (TPSA) is 47.3 Å². The van der Waals surface area contributed by atoms with Crippen LogP contribution in [0.2, 0.25) is 5.02 Å². The molecule has 0 bridgehead atoms. The molecule has 4 nitrogen and oxygen atoms in total. The van der Waals surface area contributed by atoms with Gasteiger partial charge in [0.2, 0.25) is 0 Å². The van der Waals surface area contributed by atoms with Crippen LogP contribution in [0.5, 0.6) is 5.75 Å². The third kappa shape index (κ3) is 3.89. The van der Waals surface area contributed by atoms with E-state index in [4.69, 9.17) is 26.4 Å². The number of aryl methyl sites for hydroxylation is 2. The van der Waals surface area contributed by atoms with Crippen molar-refractivity contribution < 1.29 is 9.84 Å². The van der Waals surface area contributed by atoms with Crippen molar-refractivity contribution in [3.8, 4) is 5.75 Å². The lowest BCUT2D eigenvalue weighted by Crippen LogP contribution is -2.08. The first-order chi connectivity index (χ1) is 11.8. The number of aliphatic hydroxyl groups is 1. The van der Waals surface area contributed by atoms with Crippen molar-refractivity contribution in [2.75, 3.05) is 13.2 Å². The van der Waals surface area contributed by atoms with Crippen LogP contribution in [0.4, 0.5) is 0 Å². The molecular weight excluding hydrogens is 324 g/mol. The molecule has 3 aromatic rings. The van der Waals surface area contributed by atoms with Crippen molar-refractivity contribution in [1.29, 1.82) is 0 Å². The van der Waals surface area contributed by atoms with E-state index in [1.807, 2.05) is 42.5 Å². The Bertz CT molecular complexity index is 801. The fraction of sp³-hybridized carbons (Fsp3) is 0.316. The zero-order valence-corrected chi connectivity index (χ0v) is 14.2. The summed E-state index contributed by atoms with van der Waals surface area (Å²) in [6.45, 7) is 1.60. The predicted octanol–water partition coefficient (Wildman–Crippen LogP) is 4.08. The molecule has 1 heterocycles. The van der Waals surface area contributed by atoms with E-state index in [9.17, 15) is 0 Å². The molecule has 2 aromatic carbocycles. The molecule has 0 atom stereocenters. The van der Waals surface area contributed by atoms with Crippen molar-refractivity contribution >= 4 is 22.6 Å². The van der Waals surface area contributed by atoms with E-state index in [1.54, 1.807) is 0 Å². The molecule has 1 N–H and O–H groups in total. The van der Waals surface area contributed by atoms with Gasteiger partial charge in [-0.2, -0.15) is 0 Å². The minimum atomic E-state index is 0.179. The molecule has 0 aliphatic heterocycles. The van der Waals surface area contributed by atoms with Crippen LogP contribution in [0.3, 0.4) is 0 Å². The summed E-state index contributed by atoms with van der Waals surface area (Å²) >= 11 is 6.10. The molecule has 0 aliphatic rings. The van der Waals surface area contributed by atoms with Crippen LogP contribution in [-0.4, -0.2) is 27.9 Å². The number of aromatic nitrogens is 2. The van der Waals surface area contributed by atoms with Crippen LogP contribution < -0.4 is 4.74 Å². The van der Waals surface area contributed by atoms with E-state index >= 15 is 0 Å². The highest BCUT2D eigenvalue weighted by atomic mass is 35.5. The van der Waals surface area contributed by atoms with Gasteiger partial charge >= 0.3 is 0 Å². The van der Waals surface area contributed by atoms with E-state index in [-0.39, 0.29) is 6.61 Å². The van der Waals surface area contributed by atoms with Gasteiger partial charge in [-0.05, 0) is 37.1 Å². The summed E-state index contributed by atoms with van der Waals surface area (Å²) in [6.07, 6.45) is 2.35. The fourth-order valence-electron chi connectivity index (χ4n) is 2.77. The lowest BCUT2D eigenvalue weighted by atomic mass is 10.3. The van der Waals surface area contributed by atoms with Gasteiger partial charge in [0.05, 0.1) is 22.7 Å². The number of para-hydroxylation sites is 3. The van der Waals surface area contributed by atoms with Gasteiger partial charge in [-0.1, -0.05) is 35.9 Å². The molecule has 5 heteroatoms. The number of imidazole rings is 1. The third-order valence-electron chi connectivity index (χ3n) is 3.91. The van der Waals surface area contributed by atoms with Crippen molar-refractivity contribution in [1.82, 2.24) is 9.55 Å². The zero-order chi connectivity index (χ0) is 16.8. The second-order valence-corrected chi connectivity index (χ2v) is 6.04. The highest BCUT2D eigenvalue weighted by Gasteiger charge is 2.10. The highest BCUT2D eigenvalue weighted by molar-refractivity contribution is 6.32. The average Bonchev–Trinajstić information content (AvgIpc) is 2.96. The molecule has 0 aliphatic carbocycles. The summed E-state index contributed by atoms with van der Waals surface area (Å²) in [5.41, 5.74) is 2.13. The summed E-state index contributed by atoms with van der Waals surface area (Å²) < 4.78 is 7.99. The summed E-state index contributed by atoms with van der Waals surface area (Å²) in [7, 11) is 0. The van der Waals surface area contributed by atoms with Gasteiger partial charge in [-0.3, -0.25) is 0 Å². The Morgan fingerprint density at radius 2 is 1.83 bits per heavy atom. The first kappa shape index (κ1) is 16.8. The SMILES string of the molecule is OCCCc1nc2ccccc2n1CCCOc1ccccc1Cl. The molecule has 0 radical (unpaired) electrons. The minimum Gasteiger partial charge on any atom is -0.492 e. The van der Waals surface area contributed by atoms with Gasteiger partial charge in [0.15, 0.2) is 0 Å². The van der Waals surface area contributed by atoms with Crippen molar-refractivity contribution in [2.45, 2.75) is 25.8 Å². The Balaban J connectivity index is 1.66. The van der Waals surface area contributed by atoms with Gasteiger partial charge in [0.1, 0.15) is 11.6 Å². The van der Waals surface area contributed by atoms with Gasteiger partial charge in [0, 0.05) is 19.6 Å². The van der Waals surface area contributed by atoms with E-state index < -0.39 is 0 Å². The zero-order valence-electron chi connectivity index (χ0n) is 13.5. The standard InChI is InChI=1S/C19H21ClN2O2/c20-15-7-1-4-10-18(15)24-14-6-12-22-17-9-3-2-8-16(17)21-19(22)11-5-13-23/h1-4,7-10,23H,5-6,11-14H2. The number of hydrogen-bond donors (Lipinski definition) is 1. The molecule has 3 rings (SSSR count). The molecule has 0 saturated heterocycles. The van der Waals surface area contributed by atoms with Crippen molar-refractivity contribution in [2.24, 2.45) is 0 Å². The Kier molecular flexibility index (Phi) is 5.72. The molecule has 0 spiro atoms. The van der Waals surface area contributed by atoms with Crippen LogP contribution in [0, 0.1) is 0 Å². The molecule has 0 amide bonds. The number of ether oxygens (including phenoxy) is 1. The van der Waals surface area contributed by atoms with E-state index in [2.05, 4.69) is 10.6 Å². The van der Waals surface area contributed by atoms with Crippen LogP contribution in [0.25, 0.3) is 11.0 Å². The number of rotatable bonds is 8. The molecule has 0 unspecified atom stereocenters. The molecule has 0 saturated carbocycles. The number of benzene rings is 2. The normalized spacial score (nSPS) is 11.1. The summed E-state index contributed by atoms with van der Waals surface area (Å²) in [5, 5.41) is 9.72. The maximum absolute atomic E-state index is 9.09. The quantitative estimate of drug-likeness (QED) is 0.626. The summed E-state index contributed by atoms with van der Waals surface area (Å²) in [6, 6.07) is 15.6. The smallest absolute Gasteiger partial charge is 0.137 e. The largest absolute Gasteiger partial charge is 0.492 e. The summed E-state index contributed by atoms with van der Waals surface area (Å²) in [5.74, 6) is 1.73. The average molecular weight is 345 g/mol. The summed E-state index contributed by atoms with van der Waals surface area (Å²) in [4.78, 5) is 4.69. The number of nitrogens with zero attached hydrogens (tertiary/aromatic N) is 2. The Hall–Kier alpha value is -2.04. The van der Waals surface area contributed by atoms with Gasteiger partial charge in [0.25, 0.3) is 0 Å². The molecule has 24 heavy (non-hydrogen) atoms. The number of aliphatic hydroxyl groups excluding tert-OH is 1. The fourth-order valence-corrected chi connectivity index (χ4v) is 2.96. The van der Waals surface area contributed by atoms with Gasteiger partial charge in [-0.25, -0.2) is 4.98 Å². The second-order valence-electron chi connectivity index (χ2n) is 5.63.